The third kappa shape index (κ3) is 2.22. The maximum Gasteiger partial charge on any atom is 0.251 e. The van der Waals surface area contributed by atoms with Crippen LogP contribution in [0.3, 0.4) is 0 Å². The number of fused-ring (bicyclic) bond motifs is 1. The standard InChI is InChI=1S/C13H15N3O2/c17-13(15-11-3-5-18-6-4-11)9-1-2-10-8-14-16-12(10)7-9/h1-2,7-8,11H,3-6H2,(H,14,16)(H,15,17). The molecular weight excluding hydrogens is 230 g/mol. The first-order valence-corrected chi connectivity index (χ1v) is 6.15. The molecule has 94 valence electrons. The van der Waals surface area contributed by atoms with Gasteiger partial charge in [-0.3, -0.25) is 9.89 Å². The summed E-state index contributed by atoms with van der Waals surface area (Å²) in [7, 11) is 0. The Morgan fingerprint density at radius 1 is 1.39 bits per heavy atom. The topological polar surface area (TPSA) is 67.0 Å². The molecule has 2 heterocycles. The number of carbonyl (C=O) groups is 1. The van der Waals surface area contributed by atoms with E-state index in [2.05, 4.69) is 15.5 Å². The zero-order chi connectivity index (χ0) is 12.4. The third-order valence-corrected chi connectivity index (χ3v) is 3.26. The molecule has 0 spiro atoms. The van der Waals surface area contributed by atoms with Crippen LogP contribution in [0.25, 0.3) is 10.9 Å². The minimum atomic E-state index is -0.0293. The maximum absolute atomic E-state index is 12.1. The SMILES string of the molecule is O=C(NC1CCOCC1)c1ccc2cn[nH]c2c1. The molecule has 2 N–H and O–H groups in total. The predicted molar refractivity (Wildman–Crippen MR) is 67.4 cm³/mol. The lowest BCUT2D eigenvalue weighted by atomic mass is 10.1. The Labute approximate surface area is 105 Å². The van der Waals surface area contributed by atoms with E-state index >= 15 is 0 Å². The van der Waals surface area contributed by atoms with E-state index in [0.717, 1.165) is 37.0 Å². The van der Waals surface area contributed by atoms with E-state index in [1.54, 1.807) is 6.20 Å². The zero-order valence-corrected chi connectivity index (χ0v) is 9.98. The van der Waals surface area contributed by atoms with Crippen LogP contribution in [0.2, 0.25) is 0 Å². The van der Waals surface area contributed by atoms with Crippen LogP contribution in [0.1, 0.15) is 23.2 Å². The van der Waals surface area contributed by atoms with Gasteiger partial charge in [0.05, 0.1) is 11.7 Å². The average molecular weight is 245 g/mol. The highest BCUT2D eigenvalue weighted by Crippen LogP contribution is 2.14. The van der Waals surface area contributed by atoms with Gasteiger partial charge in [0.25, 0.3) is 5.91 Å². The predicted octanol–water partition coefficient (Wildman–Crippen LogP) is 1.47. The van der Waals surface area contributed by atoms with E-state index in [1.165, 1.54) is 0 Å². The van der Waals surface area contributed by atoms with E-state index < -0.39 is 0 Å². The van der Waals surface area contributed by atoms with Gasteiger partial charge < -0.3 is 10.1 Å². The highest BCUT2D eigenvalue weighted by Gasteiger charge is 2.17. The van der Waals surface area contributed by atoms with Crippen LogP contribution >= 0.6 is 0 Å². The van der Waals surface area contributed by atoms with Gasteiger partial charge in [0, 0.05) is 30.2 Å². The first-order chi connectivity index (χ1) is 8.83. The van der Waals surface area contributed by atoms with Crippen molar-refractivity contribution in [3.63, 3.8) is 0 Å². The lowest BCUT2D eigenvalue weighted by Gasteiger charge is -2.23. The van der Waals surface area contributed by atoms with Crippen LogP contribution in [0.5, 0.6) is 0 Å². The van der Waals surface area contributed by atoms with Crippen molar-refractivity contribution >= 4 is 16.8 Å². The van der Waals surface area contributed by atoms with Gasteiger partial charge in [-0.05, 0) is 25.0 Å². The molecule has 0 unspecified atom stereocenters. The molecule has 1 aromatic heterocycles. The number of ether oxygens (including phenoxy) is 1. The van der Waals surface area contributed by atoms with E-state index in [9.17, 15) is 4.79 Å². The van der Waals surface area contributed by atoms with Crippen LogP contribution in [0, 0.1) is 0 Å². The second-order valence-corrected chi connectivity index (χ2v) is 4.53. The van der Waals surface area contributed by atoms with Gasteiger partial charge in [0.2, 0.25) is 0 Å². The molecule has 0 aliphatic carbocycles. The Hall–Kier alpha value is -1.88. The molecule has 0 saturated carbocycles. The number of rotatable bonds is 2. The van der Waals surface area contributed by atoms with Gasteiger partial charge in [-0.2, -0.15) is 5.10 Å². The van der Waals surface area contributed by atoms with Gasteiger partial charge in [0.1, 0.15) is 0 Å². The van der Waals surface area contributed by atoms with Crippen molar-refractivity contribution in [1.82, 2.24) is 15.5 Å². The first-order valence-electron chi connectivity index (χ1n) is 6.15. The molecule has 1 aliphatic rings. The third-order valence-electron chi connectivity index (χ3n) is 3.26. The number of hydrogen-bond donors (Lipinski definition) is 2. The van der Waals surface area contributed by atoms with Crippen LogP contribution in [0.4, 0.5) is 0 Å². The van der Waals surface area contributed by atoms with Gasteiger partial charge in [-0.15, -0.1) is 0 Å². The number of carbonyl (C=O) groups excluding carboxylic acids is 1. The minimum absolute atomic E-state index is 0.0293. The van der Waals surface area contributed by atoms with Gasteiger partial charge >= 0.3 is 0 Å². The van der Waals surface area contributed by atoms with Crippen molar-refractivity contribution in [2.24, 2.45) is 0 Å². The molecule has 18 heavy (non-hydrogen) atoms. The van der Waals surface area contributed by atoms with E-state index in [4.69, 9.17) is 4.74 Å². The number of nitrogens with one attached hydrogen (secondary N) is 2. The second-order valence-electron chi connectivity index (χ2n) is 4.53. The number of benzene rings is 1. The highest BCUT2D eigenvalue weighted by atomic mass is 16.5. The van der Waals surface area contributed by atoms with Crippen molar-refractivity contribution in [1.29, 1.82) is 0 Å². The molecule has 5 heteroatoms. The fourth-order valence-electron chi connectivity index (χ4n) is 2.19. The number of nitrogens with zero attached hydrogens (tertiary/aromatic N) is 1. The summed E-state index contributed by atoms with van der Waals surface area (Å²) < 4.78 is 5.27. The van der Waals surface area contributed by atoms with E-state index in [-0.39, 0.29) is 11.9 Å². The average Bonchev–Trinajstić information content (AvgIpc) is 2.87. The number of hydrogen-bond acceptors (Lipinski definition) is 3. The molecule has 0 bridgehead atoms. The monoisotopic (exact) mass is 245 g/mol. The smallest absolute Gasteiger partial charge is 0.251 e. The van der Waals surface area contributed by atoms with E-state index in [1.807, 2.05) is 18.2 Å². The molecule has 1 saturated heterocycles. The second kappa shape index (κ2) is 4.78. The molecule has 1 aromatic carbocycles. The van der Waals surface area contributed by atoms with Crippen LogP contribution in [-0.2, 0) is 4.74 Å². The van der Waals surface area contributed by atoms with Crippen LogP contribution in [-0.4, -0.2) is 35.4 Å². The molecule has 0 atom stereocenters. The summed E-state index contributed by atoms with van der Waals surface area (Å²) in [6.07, 6.45) is 3.52. The summed E-state index contributed by atoms with van der Waals surface area (Å²) >= 11 is 0. The minimum Gasteiger partial charge on any atom is -0.381 e. The van der Waals surface area contributed by atoms with Gasteiger partial charge in [-0.1, -0.05) is 6.07 Å². The lowest BCUT2D eigenvalue weighted by molar-refractivity contribution is 0.0696. The molecule has 5 nitrogen and oxygen atoms in total. The Balaban J connectivity index is 1.74. The molecule has 0 radical (unpaired) electrons. The zero-order valence-electron chi connectivity index (χ0n) is 9.98. The summed E-state index contributed by atoms with van der Waals surface area (Å²) in [4.78, 5) is 12.1. The Morgan fingerprint density at radius 2 is 2.22 bits per heavy atom. The molecule has 1 aliphatic heterocycles. The fraction of sp³-hybridized carbons (Fsp3) is 0.385. The molecule has 1 amide bonds. The number of aromatic amines is 1. The fourth-order valence-corrected chi connectivity index (χ4v) is 2.19. The normalized spacial score (nSPS) is 16.9. The van der Waals surface area contributed by atoms with Crippen molar-refractivity contribution < 1.29 is 9.53 Å². The number of amides is 1. The van der Waals surface area contributed by atoms with E-state index in [0.29, 0.717) is 5.56 Å². The number of aromatic nitrogens is 2. The maximum atomic E-state index is 12.1. The molecule has 3 rings (SSSR count). The molecular formula is C13H15N3O2. The Bertz CT molecular complexity index is 558. The van der Waals surface area contributed by atoms with Gasteiger partial charge in [0.15, 0.2) is 0 Å². The van der Waals surface area contributed by atoms with Crippen LogP contribution < -0.4 is 5.32 Å². The van der Waals surface area contributed by atoms with Crippen molar-refractivity contribution in [2.45, 2.75) is 18.9 Å². The summed E-state index contributed by atoms with van der Waals surface area (Å²) in [6, 6.07) is 5.78. The van der Waals surface area contributed by atoms with Crippen molar-refractivity contribution in [3.8, 4) is 0 Å². The summed E-state index contributed by atoms with van der Waals surface area (Å²) in [5.74, 6) is -0.0293. The summed E-state index contributed by atoms with van der Waals surface area (Å²) in [6.45, 7) is 1.45. The van der Waals surface area contributed by atoms with Crippen molar-refractivity contribution in [2.75, 3.05) is 13.2 Å². The van der Waals surface area contributed by atoms with Crippen LogP contribution in [0.15, 0.2) is 24.4 Å². The van der Waals surface area contributed by atoms with Crippen molar-refractivity contribution in [3.05, 3.63) is 30.0 Å². The van der Waals surface area contributed by atoms with Gasteiger partial charge in [-0.25, -0.2) is 0 Å². The quantitative estimate of drug-likeness (QED) is 0.842. The first kappa shape index (κ1) is 11.2. The number of H-pyrrole nitrogens is 1. The highest BCUT2D eigenvalue weighted by molar-refractivity contribution is 5.97. The molecule has 1 fully saturated rings. The summed E-state index contributed by atoms with van der Waals surface area (Å²) in [5, 5.41) is 10.9. The Morgan fingerprint density at radius 3 is 3.06 bits per heavy atom. The Kier molecular flexibility index (Phi) is 2.98. The molecule has 2 aromatic rings. The summed E-state index contributed by atoms with van der Waals surface area (Å²) in [5.41, 5.74) is 1.55. The largest absolute Gasteiger partial charge is 0.381 e. The lowest BCUT2D eigenvalue weighted by Crippen LogP contribution is -2.38.